The quantitative estimate of drug-likeness (QED) is 0.729. The minimum atomic E-state index is 0.902. The largest absolute Gasteiger partial charge is 0.369 e. The van der Waals surface area contributed by atoms with Crippen LogP contribution in [0.1, 0.15) is 20.8 Å². The van der Waals surface area contributed by atoms with Crippen LogP contribution in [0.15, 0.2) is 6.33 Å². The van der Waals surface area contributed by atoms with Crippen molar-refractivity contribution in [3.8, 4) is 0 Å². The van der Waals surface area contributed by atoms with Gasteiger partial charge in [-0.05, 0) is 20.8 Å². The summed E-state index contributed by atoms with van der Waals surface area (Å²) >= 11 is 0. The Hall–Kier alpha value is -1.19. The highest BCUT2D eigenvalue weighted by atomic mass is 15.2. The van der Waals surface area contributed by atoms with Gasteiger partial charge in [-0.25, -0.2) is 4.98 Å². The summed E-state index contributed by atoms with van der Waals surface area (Å²) in [4.78, 5) is 4.28. The zero-order chi connectivity index (χ0) is 9.68. The van der Waals surface area contributed by atoms with Gasteiger partial charge in [0.2, 0.25) is 0 Å². The van der Waals surface area contributed by atoms with Gasteiger partial charge in [0.05, 0.1) is 6.33 Å². The topological polar surface area (TPSA) is 41.9 Å². The summed E-state index contributed by atoms with van der Waals surface area (Å²) in [6, 6.07) is 0. The van der Waals surface area contributed by atoms with E-state index in [0.717, 1.165) is 31.3 Å². The molecule has 1 aromatic heterocycles. The molecular weight excluding hydrogens is 164 g/mol. The number of nitrogens with zero attached hydrogens (tertiary/aromatic N) is 2. The number of anilines is 2. The minimum absolute atomic E-state index is 0.902. The van der Waals surface area contributed by atoms with Gasteiger partial charge in [-0.3, -0.25) is 0 Å². The third-order valence-corrected chi connectivity index (χ3v) is 1.87. The van der Waals surface area contributed by atoms with Gasteiger partial charge in [0.1, 0.15) is 0 Å². The molecule has 0 aliphatic heterocycles. The van der Waals surface area contributed by atoms with Crippen LogP contribution in [-0.2, 0) is 6.54 Å². The van der Waals surface area contributed by atoms with Crippen LogP contribution in [0.5, 0.6) is 0 Å². The van der Waals surface area contributed by atoms with E-state index in [4.69, 9.17) is 0 Å². The highest BCUT2D eigenvalue weighted by Crippen LogP contribution is 2.19. The van der Waals surface area contributed by atoms with Gasteiger partial charge in [0.25, 0.3) is 0 Å². The first-order chi connectivity index (χ1) is 6.33. The molecule has 0 aliphatic rings. The lowest BCUT2D eigenvalue weighted by molar-refractivity contribution is 0.764. The fraction of sp³-hybridized carbons (Fsp3) is 0.667. The Morgan fingerprint density at radius 1 is 1.23 bits per heavy atom. The number of imidazole rings is 1. The molecular formula is C9H18N4. The molecule has 0 fully saturated rings. The second kappa shape index (κ2) is 4.74. The number of aromatic nitrogens is 2. The normalized spacial score (nSPS) is 10.1. The molecule has 0 aliphatic carbocycles. The maximum atomic E-state index is 4.28. The summed E-state index contributed by atoms with van der Waals surface area (Å²) in [6.45, 7) is 9.03. The predicted octanol–water partition coefficient (Wildman–Crippen LogP) is 1.77. The Morgan fingerprint density at radius 2 is 1.92 bits per heavy atom. The van der Waals surface area contributed by atoms with Gasteiger partial charge in [0.15, 0.2) is 11.6 Å². The highest BCUT2D eigenvalue weighted by molar-refractivity contribution is 5.60. The average molecular weight is 182 g/mol. The van der Waals surface area contributed by atoms with Crippen LogP contribution in [0.4, 0.5) is 11.6 Å². The maximum Gasteiger partial charge on any atom is 0.168 e. The molecule has 0 aromatic carbocycles. The van der Waals surface area contributed by atoms with E-state index >= 15 is 0 Å². The van der Waals surface area contributed by atoms with Crippen molar-refractivity contribution >= 4 is 11.6 Å². The first kappa shape index (κ1) is 9.89. The average Bonchev–Trinajstić information content (AvgIpc) is 2.50. The van der Waals surface area contributed by atoms with E-state index in [1.165, 1.54) is 0 Å². The first-order valence-corrected chi connectivity index (χ1v) is 4.86. The van der Waals surface area contributed by atoms with Gasteiger partial charge in [-0.1, -0.05) is 0 Å². The predicted molar refractivity (Wildman–Crippen MR) is 56.2 cm³/mol. The number of aryl methyl sites for hydroxylation is 1. The Bertz CT molecular complexity index is 254. The summed E-state index contributed by atoms with van der Waals surface area (Å²) in [6.07, 6.45) is 1.86. The van der Waals surface area contributed by atoms with Crippen LogP contribution in [0.25, 0.3) is 0 Å². The van der Waals surface area contributed by atoms with E-state index in [1.54, 1.807) is 0 Å². The molecule has 0 bridgehead atoms. The van der Waals surface area contributed by atoms with Gasteiger partial charge < -0.3 is 15.2 Å². The Balaban J connectivity index is 2.85. The van der Waals surface area contributed by atoms with Crippen molar-refractivity contribution in [2.45, 2.75) is 27.3 Å². The van der Waals surface area contributed by atoms with Crippen LogP contribution in [0, 0.1) is 0 Å². The zero-order valence-electron chi connectivity index (χ0n) is 8.59. The fourth-order valence-corrected chi connectivity index (χ4v) is 1.27. The van der Waals surface area contributed by atoms with E-state index in [1.807, 2.05) is 6.33 Å². The zero-order valence-corrected chi connectivity index (χ0v) is 8.59. The van der Waals surface area contributed by atoms with Gasteiger partial charge in [0, 0.05) is 19.6 Å². The summed E-state index contributed by atoms with van der Waals surface area (Å²) in [7, 11) is 0. The fourth-order valence-electron chi connectivity index (χ4n) is 1.27. The summed E-state index contributed by atoms with van der Waals surface area (Å²) < 4.78 is 2.10. The SMILES string of the molecule is CCNc1ncn(CC)c1NCC. The van der Waals surface area contributed by atoms with Crippen molar-refractivity contribution in [2.75, 3.05) is 23.7 Å². The molecule has 0 amide bonds. The first-order valence-electron chi connectivity index (χ1n) is 4.86. The molecule has 1 heterocycles. The van der Waals surface area contributed by atoms with Crippen LogP contribution in [0.3, 0.4) is 0 Å². The molecule has 0 spiro atoms. The molecule has 2 N–H and O–H groups in total. The van der Waals surface area contributed by atoms with E-state index in [0.29, 0.717) is 0 Å². The molecule has 1 rings (SSSR count). The second-order valence-electron chi connectivity index (χ2n) is 2.79. The number of nitrogens with one attached hydrogen (secondary N) is 2. The van der Waals surface area contributed by atoms with Crippen molar-refractivity contribution in [1.29, 1.82) is 0 Å². The standard InChI is InChI=1S/C9H18N4/c1-4-10-8-9(11-5-2)13(6-3)7-12-8/h7,10-11H,4-6H2,1-3H3. The van der Waals surface area contributed by atoms with E-state index in [9.17, 15) is 0 Å². The lowest BCUT2D eigenvalue weighted by atomic mass is 10.5. The molecule has 0 unspecified atom stereocenters. The summed E-state index contributed by atoms with van der Waals surface area (Å²) in [5, 5.41) is 6.52. The molecule has 4 nitrogen and oxygen atoms in total. The van der Waals surface area contributed by atoms with Gasteiger partial charge in [-0.2, -0.15) is 0 Å². The van der Waals surface area contributed by atoms with Gasteiger partial charge in [-0.15, -0.1) is 0 Å². The van der Waals surface area contributed by atoms with Crippen molar-refractivity contribution in [3.63, 3.8) is 0 Å². The lowest BCUT2D eigenvalue weighted by Gasteiger charge is -2.09. The highest BCUT2D eigenvalue weighted by Gasteiger charge is 2.06. The molecule has 0 saturated heterocycles. The number of rotatable bonds is 5. The molecule has 0 atom stereocenters. The van der Waals surface area contributed by atoms with Crippen LogP contribution < -0.4 is 10.6 Å². The molecule has 4 heteroatoms. The van der Waals surface area contributed by atoms with E-state index < -0.39 is 0 Å². The van der Waals surface area contributed by atoms with Gasteiger partial charge >= 0.3 is 0 Å². The molecule has 1 aromatic rings. The van der Waals surface area contributed by atoms with Crippen molar-refractivity contribution in [2.24, 2.45) is 0 Å². The monoisotopic (exact) mass is 182 g/mol. The third-order valence-electron chi connectivity index (χ3n) is 1.87. The smallest absolute Gasteiger partial charge is 0.168 e. The van der Waals surface area contributed by atoms with Crippen molar-refractivity contribution in [3.05, 3.63) is 6.33 Å². The lowest BCUT2D eigenvalue weighted by Crippen LogP contribution is -2.07. The summed E-state index contributed by atoms with van der Waals surface area (Å²) in [5.74, 6) is 2.04. The molecule has 74 valence electrons. The molecule has 0 saturated carbocycles. The Labute approximate surface area is 79.4 Å². The van der Waals surface area contributed by atoms with Crippen LogP contribution >= 0.6 is 0 Å². The Morgan fingerprint density at radius 3 is 2.46 bits per heavy atom. The van der Waals surface area contributed by atoms with E-state index in [2.05, 4.69) is 41.0 Å². The molecule has 13 heavy (non-hydrogen) atoms. The van der Waals surface area contributed by atoms with Crippen LogP contribution in [-0.4, -0.2) is 22.6 Å². The number of hydrogen-bond donors (Lipinski definition) is 2. The molecule has 0 radical (unpaired) electrons. The second-order valence-corrected chi connectivity index (χ2v) is 2.79. The summed E-state index contributed by atoms with van der Waals surface area (Å²) in [5.41, 5.74) is 0. The third kappa shape index (κ3) is 2.14. The number of hydrogen-bond acceptors (Lipinski definition) is 3. The maximum absolute atomic E-state index is 4.28. The van der Waals surface area contributed by atoms with Crippen LogP contribution in [0.2, 0.25) is 0 Å². The van der Waals surface area contributed by atoms with E-state index in [-0.39, 0.29) is 0 Å². The minimum Gasteiger partial charge on any atom is -0.369 e. The van der Waals surface area contributed by atoms with Crippen molar-refractivity contribution < 1.29 is 0 Å². The van der Waals surface area contributed by atoms with Crippen molar-refractivity contribution in [1.82, 2.24) is 9.55 Å². The Kier molecular flexibility index (Phi) is 3.61.